The summed E-state index contributed by atoms with van der Waals surface area (Å²) in [4.78, 5) is 17.0. The SMILES string of the molecule is Cc1cc(CN2CCN(C(=O)c3ccc(S(=O)(=O)Nc4ccc(C)c(C)c4)cc3)CC2)on1. The van der Waals surface area contributed by atoms with Crippen LogP contribution in [0.1, 0.15) is 32.9 Å². The summed E-state index contributed by atoms with van der Waals surface area (Å²) in [6.07, 6.45) is 0. The third-order valence-electron chi connectivity index (χ3n) is 5.89. The fourth-order valence-electron chi connectivity index (χ4n) is 3.80. The highest BCUT2D eigenvalue weighted by Crippen LogP contribution is 2.20. The van der Waals surface area contributed by atoms with Crippen LogP contribution in [0.4, 0.5) is 5.69 Å². The van der Waals surface area contributed by atoms with Crippen LogP contribution in [0.3, 0.4) is 0 Å². The molecule has 1 N–H and O–H groups in total. The molecule has 0 bridgehead atoms. The van der Waals surface area contributed by atoms with Crippen molar-refractivity contribution in [2.24, 2.45) is 0 Å². The van der Waals surface area contributed by atoms with Crippen LogP contribution >= 0.6 is 0 Å². The molecule has 2 aromatic carbocycles. The molecule has 8 nitrogen and oxygen atoms in total. The standard InChI is InChI=1S/C24H28N4O4S/c1-17-4-7-21(14-18(17)2)26-33(30,31)23-8-5-20(6-9-23)24(29)28-12-10-27(11-13-28)16-22-15-19(3)25-32-22/h4-9,14-15,26H,10-13,16H2,1-3H3. The number of piperazine rings is 1. The van der Waals surface area contributed by atoms with E-state index in [2.05, 4.69) is 14.8 Å². The minimum Gasteiger partial charge on any atom is -0.360 e. The second-order valence-electron chi connectivity index (χ2n) is 8.43. The predicted molar refractivity (Wildman–Crippen MR) is 126 cm³/mol. The zero-order chi connectivity index (χ0) is 23.6. The molecule has 1 fully saturated rings. The van der Waals surface area contributed by atoms with Crippen LogP contribution in [0.2, 0.25) is 0 Å². The summed E-state index contributed by atoms with van der Waals surface area (Å²) in [5, 5.41) is 3.91. The molecular formula is C24H28N4O4S. The zero-order valence-electron chi connectivity index (χ0n) is 19.0. The van der Waals surface area contributed by atoms with E-state index in [1.807, 2.05) is 32.9 Å². The van der Waals surface area contributed by atoms with Crippen molar-refractivity contribution in [2.45, 2.75) is 32.2 Å². The molecule has 9 heteroatoms. The molecule has 3 aromatic rings. The average Bonchev–Trinajstić information content (AvgIpc) is 3.21. The number of aryl methyl sites for hydroxylation is 3. The maximum absolute atomic E-state index is 12.9. The van der Waals surface area contributed by atoms with E-state index in [0.717, 1.165) is 35.7 Å². The van der Waals surface area contributed by atoms with E-state index in [4.69, 9.17) is 4.52 Å². The first-order valence-corrected chi connectivity index (χ1v) is 12.3. The number of sulfonamides is 1. The molecule has 4 rings (SSSR count). The van der Waals surface area contributed by atoms with Gasteiger partial charge in [-0.05, 0) is 68.3 Å². The summed E-state index contributed by atoms with van der Waals surface area (Å²) < 4.78 is 33.4. The zero-order valence-corrected chi connectivity index (χ0v) is 19.9. The minimum atomic E-state index is -3.74. The second-order valence-corrected chi connectivity index (χ2v) is 10.1. The van der Waals surface area contributed by atoms with Crippen LogP contribution in [0.5, 0.6) is 0 Å². The largest absolute Gasteiger partial charge is 0.360 e. The lowest BCUT2D eigenvalue weighted by Crippen LogP contribution is -2.48. The Morgan fingerprint density at radius 3 is 2.27 bits per heavy atom. The van der Waals surface area contributed by atoms with Crippen molar-refractivity contribution in [1.82, 2.24) is 15.0 Å². The molecule has 1 amide bonds. The molecule has 174 valence electrons. The van der Waals surface area contributed by atoms with Crippen LogP contribution in [-0.2, 0) is 16.6 Å². The van der Waals surface area contributed by atoms with Crippen molar-refractivity contribution >= 4 is 21.6 Å². The van der Waals surface area contributed by atoms with Crippen molar-refractivity contribution in [3.05, 3.63) is 76.7 Å². The van der Waals surface area contributed by atoms with Gasteiger partial charge in [0.1, 0.15) is 0 Å². The maximum Gasteiger partial charge on any atom is 0.261 e. The first kappa shape index (κ1) is 23.0. The van der Waals surface area contributed by atoms with Crippen molar-refractivity contribution in [3.8, 4) is 0 Å². The number of amides is 1. The van der Waals surface area contributed by atoms with E-state index < -0.39 is 10.0 Å². The molecule has 0 unspecified atom stereocenters. The average molecular weight is 469 g/mol. The summed E-state index contributed by atoms with van der Waals surface area (Å²) in [6.45, 7) is 9.13. The number of nitrogens with one attached hydrogen (secondary N) is 1. The number of hydrogen-bond donors (Lipinski definition) is 1. The number of carbonyl (C=O) groups is 1. The van der Waals surface area contributed by atoms with E-state index >= 15 is 0 Å². The normalized spacial score (nSPS) is 14.9. The van der Waals surface area contributed by atoms with E-state index in [1.54, 1.807) is 29.2 Å². The number of carbonyl (C=O) groups excluding carboxylic acids is 1. The Hall–Kier alpha value is -3.17. The molecule has 2 heterocycles. The van der Waals surface area contributed by atoms with Gasteiger partial charge in [0.2, 0.25) is 0 Å². The third kappa shape index (κ3) is 5.43. The van der Waals surface area contributed by atoms with Gasteiger partial charge in [-0.25, -0.2) is 8.42 Å². The van der Waals surface area contributed by atoms with Crippen LogP contribution in [0.15, 0.2) is 57.9 Å². The highest BCUT2D eigenvalue weighted by molar-refractivity contribution is 7.92. The van der Waals surface area contributed by atoms with E-state index in [9.17, 15) is 13.2 Å². The van der Waals surface area contributed by atoms with Gasteiger partial charge in [0, 0.05) is 43.5 Å². The fraction of sp³-hybridized carbons (Fsp3) is 0.333. The quantitative estimate of drug-likeness (QED) is 0.596. The molecule has 33 heavy (non-hydrogen) atoms. The van der Waals surface area contributed by atoms with Crippen LogP contribution in [0.25, 0.3) is 0 Å². The fourth-order valence-corrected chi connectivity index (χ4v) is 4.85. The van der Waals surface area contributed by atoms with Crippen LogP contribution < -0.4 is 4.72 Å². The summed E-state index contributed by atoms with van der Waals surface area (Å²) >= 11 is 0. The number of rotatable bonds is 6. The number of anilines is 1. The maximum atomic E-state index is 12.9. The smallest absolute Gasteiger partial charge is 0.261 e. The van der Waals surface area contributed by atoms with Gasteiger partial charge in [-0.3, -0.25) is 14.4 Å². The minimum absolute atomic E-state index is 0.101. The van der Waals surface area contributed by atoms with Gasteiger partial charge in [0.15, 0.2) is 5.76 Å². The van der Waals surface area contributed by atoms with Gasteiger partial charge >= 0.3 is 0 Å². The van der Waals surface area contributed by atoms with Gasteiger partial charge in [-0.1, -0.05) is 11.2 Å². The Morgan fingerprint density at radius 1 is 0.970 bits per heavy atom. The van der Waals surface area contributed by atoms with Crippen molar-refractivity contribution in [1.29, 1.82) is 0 Å². The topological polar surface area (TPSA) is 95.8 Å². The molecule has 0 atom stereocenters. The Balaban J connectivity index is 1.36. The predicted octanol–water partition coefficient (Wildman–Crippen LogP) is 3.36. The number of hydrogen-bond acceptors (Lipinski definition) is 6. The van der Waals surface area contributed by atoms with E-state index in [0.29, 0.717) is 30.9 Å². The third-order valence-corrected chi connectivity index (χ3v) is 7.28. The molecular weight excluding hydrogens is 440 g/mol. The molecule has 1 aromatic heterocycles. The molecule has 0 aliphatic carbocycles. The van der Waals surface area contributed by atoms with Gasteiger partial charge < -0.3 is 9.42 Å². The van der Waals surface area contributed by atoms with Crippen molar-refractivity contribution in [2.75, 3.05) is 30.9 Å². The number of nitrogens with zero attached hydrogens (tertiary/aromatic N) is 3. The van der Waals surface area contributed by atoms with Crippen molar-refractivity contribution < 1.29 is 17.7 Å². The van der Waals surface area contributed by atoms with Crippen molar-refractivity contribution in [3.63, 3.8) is 0 Å². The van der Waals surface area contributed by atoms with Gasteiger partial charge in [-0.15, -0.1) is 0 Å². The molecule has 0 spiro atoms. The number of benzene rings is 2. The summed E-state index contributed by atoms with van der Waals surface area (Å²) in [6, 6.07) is 13.4. The summed E-state index contributed by atoms with van der Waals surface area (Å²) in [5.74, 6) is 0.717. The van der Waals surface area contributed by atoms with Gasteiger partial charge in [0.25, 0.3) is 15.9 Å². The first-order valence-electron chi connectivity index (χ1n) is 10.9. The van der Waals surface area contributed by atoms with Crippen LogP contribution in [-0.4, -0.2) is 55.5 Å². The van der Waals surface area contributed by atoms with E-state index in [-0.39, 0.29) is 10.8 Å². The second kappa shape index (κ2) is 9.36. The Kier molecular flexibility index (Phi) is 6.53. The lowest BCUT2D eigenvalue weighted by atomic mass is 10.1. The summed E-state index contributed by atoms with van der Waals surface area (Å²) in [5.41, 5.74) is 3.94. The highest BCUT2D eigenvalue weighted by Gasteiger charge is 2.23. The first-order chi connectivity index (χ1) is 15.7. The Bertz CT molecular complexity index is 1240. The monoisotopic (exact) mass is 468 g/mol. The van der Waals surface area contributed by atoms with Gasteiger partial charge in [-0.2, -0.15) is 0 Å². The highest BCUT2D eigenvalue weighted by atomic mass is 32.2. The molecule has 1 saturated heterocycles. The lowest BCUT2D eigenvalue weighted by Gasteiger charge is -2.34. The molecule has 1 aliphatic rings. The van der Waals surface area contributed by atoms with Crippen LogP contribution in [0, 0.1) is 20.8 Å². The van der Waals surface area contributed by atoms with Gasteiger partial charge in [0.05, 0.1) is 17.1 Å². The molecule has 0 radical (unpaired) electrons. The Morgan fingerprint density at radius 2 is 1.67 bits per heavy atom. The number of aromatic nitrogens is 1. The van der Waals surface area contributed by atoms with E-state index in [1.165, 1.54) is 12.1 Å². The molecule has 1 aliphatic heterocycles. The Labute approximate surface area is 194 Å². The summed E-state index contributed by atoms with van der Waals surface area (Å²) in [7, 11) is -3.74. The lowest BCUT2D eigenvalue weighted by molar-refractivity contribution is 0.0617. The molecule has 0 saturated carbocycles.